The number of nitrogens with one attached hydrogen (secondary N) is 4. The van der Waals surface area contributed by atoms with Gasteiger partial charge in [0.1, 0.15) is 29.0 Å². The first-order valence-corrected chi connectivity index (χ1v) is 21.2. The van der Waals surface area contributed by atoms with Crippen LogP contribution in [0.3, 0.4) is 0 Å². The van der Waals surface area contributed by atoms with E-state index in [0.29, 0.717) is 48.6 Å². The molecule has 2 aromatic heterocycles. The Balaban J connectivity index is 1.20. The monoisotopic (exact) mass is 808 g/mol. The number of alkyl carbamates (subject to hydrolysis) is 1. The lowest BCUT2D eigenvalue weighted by atomic mass is 10.0. The van der Waals surface area contributed by atoms with E-state index < -0.39 is 68.2 Å². The number of pyridine rings is 2. The van der Waals surface area contributed by atoms with Gasteiger partial charge >= 0.3 is 6.09 Å². The third-order valence-corrected chi connectivity index (χ3v) is 12.2. The van der Waals surface area contributed by atoms with E-state index in [1.165, 1.54) is 0 Å². The van der Waals surface area contributed by atoms with Gasteiger partial charge in [-0.3, -0.25) is 24.1 Å². The number of carbonyl (C=O) groups is 4. The molecule has 1 aliphatic heterocycles. The molecular weight excluding hydrogens is 761 g/mol. The SMILES string of the molecule is CC(C)(C)OC(=O)N[C@H]1CCCCC/C=C\[C@@H]2C[C@@]2(C(=O)NS(=O)(=O)C2CC2)NC(=O)[C@H](c2ccc(Oc3nc(-c4ccncc4)cc4ccccc34)cc2)NC1=O. The van der Waals surface area contributed by atoms with Gasteiger partial charge in [0, 0.05) is 29.3 Å². The van der Waals surface area contributed by atoms with E-state index in [1.807, 2.05) is 54.6 Å². The maximum absolute atomic E-state index is 14.4. The number of benzene rings is 2. The van der Waals surface area contributed by atoms with E-state index in [2.05, 4.69) is 25.7 Å². The number of allylic oxidation sites excluding steroid dienone is 1. The molecule has 58 heavy (non-hydrogen) atoms. The molecule has 2 saturated carbocycles. The Kier molecular flexibility index (Phi) is 11.5. The van der Waals surface area contributed by atoms with Crippen LogP contribution in [-0.2, 0) is 29.1 Å². The molecule has 0 saturated heterocycles. The minimum atomic E-state index is -3.92. The Hall–Kier alpha value is -5.83. The Morgan fingerprint density at radius 1 is 0.914 bits per heavy atom. The van der Waals surface area contributed by atoms with Crippen molar-refractivity contribution in [1.82, 2.24) is 30.6 Å². The minimum Gasteiger partial charge on any atom is -0.444 e. The average molecular weight is 809 g/mol. The van der Waals surface area contributed by atoms with Crippen LogP contribution in [0.4, 0.5) is 4.79 Å². The smallest absolute Gasteiger partial charge is 0.408 e. The van der Waals surface area contributed by atoms with Gasteiger partial charge in [-0.15, -0.1) is 0 Å². The summed E-state index contributed by atoms with van der Waals surface area (Å²) < 4.78 is 39.8. The lowest BCUT2D eigenvalue weighted by molar-refractivity contribution is -0.133. The fourth-order valence-corrected chi connectivity index (χ4v) is 8.38. The fraction of sp³-hybridized carbons (Fsp3) is 0.395. The molecule has 3 aliphatic rings. The van der Waals surface area contributed by atoms with Gasteiger partial charge in [-0.25, -0.2) is 18.2 Å². The molecule has 0 unspecified atom stereocenters. The van der Waals surface area contributed by atoms with E-state index >= 15 is 0 Å². The molecule has 2 aromatic carbocycles. The van der Waals surface area contributed by atoms with Crippen molar-refractivity contribution in [2.24, 2.45) is 5.92 Å². The number of aromatic nitrogens is 2. The van der Waals surface area contributed by atoms with E-state index in [-0.39, 0.29) is 12.8 Å². The van der Waals surface area contributed by atoms with Crippen molar-refractivity contribution in [3.8, 4) is 22.9 Å². The Bertz CT molecular complexity index is 2330. The molecule has 0 radical (unpaired) electrons. The molecule has 304 valence electrons. The number of nitrogens with zero attached hydrogens (tertiary/aromatic N) is 2. The summed E-state index contributed by atoms with van der Waals surface area (Å²) in [7, 11) is -3.92. The molecule has 4 atom stereocenters. The minimum absolute atomic E-state index is 0.178. The number of hydrogen-bond donors (Lipinski definition) is 4. The summed E-state index contributed by atoms with van der Waals surface area (Å²) >= 11 is 0. The van der Waals surface area contributed by atoms with Crippen LogP contribution in [-0.4, -0.2) is 64.6 Å². The lowest BCUT2D eigenvalue weighted by Crippen LogP contribution is -2.56. The van der Waals surface area contributed by atoms with Crippen molar-refractivity contribution in [3.63, 3.8) is 0 Å². The molecule has 4 aromatic rings. The molecule has 4 N–H and O–H groups in total. The maximum Gasteiger partial charge on any atom is 0.408 e. The topological polar surface area (TPSA) is 195 Å². The zero-order valence-corrected chi connectivity index (χ0v) is 33.5. The average Bonchev–Trinajstić information content (AvgIpc) is 4.12. The molecule has 2 aliphatic carbocycles. The predicted octanol–water partition coefficient (Wildman–Crippen LogP) is 6.14. The molecule has 3 heterocycles. The van der Waals surface area contributed by atoms with Gasteiger partial charge in [0.15, 0.2) is 0 Å². The van der Waals surface area contributed by atoms with Crippen LogP contribution >= 0.6 is 0 Å². The fourth-order valence-electron chi connectivity index (χ4n) is 7.02. The summed E-state index contributed by atoms with van der Waals surface area (Å²) in [5.41, 5.74) is -0.479. The highest BCUT2D eigenvalue weighted by Gasteiger charge is 2.61. The Morgan fingerprint density at radius 2 is 1.66 bits per heavy atom. The van der Waals surface area contributed by atoms with Crippen molar-refractivity contribution in [2.75, 3.05) is 0 Å². The normalized spacial score (nSPS) is 23.5. The van der Waals surface area contributed by atoms with E-state index in [4.69, 9.17) is 14.5 Å². The maximum atomic E-state index is 14.4. The van der Waals surface area contributed by atoms with Crippen LogP contribution < -0.4 is 25.4 Å². The van der Waals surface area contributed by atoms with Crippen molar-refractivity contribution in [3.05, 3.63) is 96.8 Å². The number of rotatable bonds is 8. The van der Waals surface area contributed by atoms with Crippen molar-refractivity contribution in [2.45, 2.75) is 101 Å². The molecule has 0 bridgehead atoms. The van der Waals surface area contributed by atoms with Crippen LogP contribution in [0.2, 0.25) is 0 Å². The zero-order chi connectivity index (χ0) is 41.1. The third kappa shape index (κ3) is 9.64. The summed E-state index contributed by atoms with van der Waals surface area (Å²) in [6, 6.07) is 17.5. The van der Waals surface area contributed by atoms with Crippen LogP contribution in [0.25, 0.3) is 22.0 Å². The molecule has 4 amide bonds. The summed E-state index contributed by atoms with van der Waals surface area (Å²) in [5.74, 6) is -1.90. The van der Waals surface area contributed by atoms with Crippen LogP contribution in [0.1, 0.15) is 83.7 Å². The van der Waals surface area contributed by atoms with Gasteiger partial charge in [-0.05, 0) is 107 Å². The standard InChI is InChI=1S/C43H48N6O8S/c1-42(2,3)57-41(53)46-34-14-8-6-4-5-7-12-30-26-43(30,40(52)49-58(54,55)32-19-20-32)48-38(51)36(47-37(34)50)28-15-17-31(18-16-28)56-39-33-13-10-9-11-29(33)25-35(45-39)27-21-23-44-24-22-27/h7,9-13,15-18,21-25,30,32,34,36H,4-6,8,14,19-20,26H2,1-3H3,(H,46,53)(H,47,50)(H,48,51)(H,49,52)/b12-7-/t30-,34+,36+,43-/m1/s1. The summed E-state index contributed by atoms with van der Waals surface area (Å²) in [6.45, 7) is 5.15. The van der Waals surface area contributed by atoms with Crippen molar-refractivity contribution < 1.29 is 37.1 Å². The van der Waals surface area contributed by atoms with Crippen LogP contribution in [0.15, 0.2) is 91.3 Å². The number of sulfonamides is 1. The molecular formula is C43H48N6O8S. The molecule has 15 heteroatoms. The van der Waals surface area contributed by atoms with Gasteiger partial charge in [0.25, 0.3) is 5.91 Å². The van der Waals surface area contributed by atoms with E-state index in [9.17, 15) is 27.6 Å². The molecule has 0 spiro atoms. The van der Waals surface area contributed by atoms with Crippen molar-refractivity contribution in [1.29, 1.82) is 0 Å². The summed E-state index contributed by atoms with van der Waals surface area (Å²) in [6.07, 6.45) is 10.6. The van der Waals surface area contributed by atoms with Crippen molar-refractivity contribution >= 4 is 44.6 Å². The quantitative estimate of drug-likeness (QED) is 0.150. The first-order valence-electron chi connectivity index (χ1n) is 19.6. The molecule has 7 rings (SSSR count). The number of carbonyl (C=O) groups excluding carboxylic acids is 4. The highest BCUT2D eigenvalue weighted by Crippen LogP contribution is 2.46. The Labute approximate surface area is 337 Å². The summed E-state index contributed by atoms with van der Waals surface area (Å²) in [5, 5.41) is 9.37. The van der Waals surface area contributed by atoms with Gasteiger partial charge < -0.3 is 25.4 Å². The second-order valence-electron chi connectivity index (χ2n) is 16.1. The number of fused-ring (bicyclic) bond motifs is 2. The Morgan fingerprint density at radius 3 is 2.38 bits per heavy atom. The zero-order valence-electron chi connectivity index (χ0n) is 32.7. The second-order valence-corrected chi connectivity index (χ2v) is 18.1. The third-order valence-electron chi connectivity index (χ3n) is 10.4. The van der Waals surface area contributed by atoms with E-state index in [0.717, 1.165) is 29.2 Å². The second kappa shape index (κ2) is 16.6. The van der Waals surface area contributed by atoms with Gasteiger partial charge in [0.05, 0.1) is 10.9 Å². The van der Waals surface area contributed by atoms with Gasteiger partial charge in [-0.1, -0.05) is 55.3 Å². The number of amides is 4. The number of hydrogen-bond acceptors (Lipinski definition) is 10. The first kappa shape index (κ1) is 40.4. The first-order chi connectivity index (χ1) is 27.7. The predicted molar refractivity (Wildman–Crippen MR) is 217 cm³/mol. The van der Waals surface area contributed by atoms with Gasteiger partial charge in [0.2, 0.25) is 27.7 Å². The molecule has 2 fully saturated rings. The highest BCUT2D eigenvalue weighted by molar-refractivity contribution is 7.91. The lowest BCUT2D eigenvalue weighted by Gasteiger charge is -2.27. The summed E-state index contributed by atoms with van der Waals surface area (Å²) in [4.78, 5) is 64.1. The largest absolute Gasteiger partial charge is 0.444 e. The van der Waals surface area contributed by atoms with E-state index in [1.54, 1.807) is 57.4 Å². The molecule has 14 nitrogen and oxygen atoms in total. The highest BCUT2D eigenvalue weighted by atomic mass is 32.2. The van der Waals surface area contributed by atoms with Gasteiger partial charge in [-0.2, -0.15) is 0 Å². The van der Waals surface area contributed by atoms with Crippen LogP contribution in [0.5, 0.6) is 11.6 Å². The van der Waals surface area contributed by atoms with Crippen LogP contribution in [0, 0.1) is 5.92 Å². The number of ether oxygens (including phenoxy) is 2.